The van der Waals surface area contributed by atoms with Crippen molar-refractivity contribution in [3.8, 4) is 11.3 Å². The van der Waals surface area contributed by atoms with Crippen molar-refractivity contribution in [2.24, 2.45) is 0 Å². The van der Waals surface area contributed by atoms with Crippen LogP contribution in [0.25, 0.3) is 11.3 Å². The fraction of sp³-hybridized carbons (Fsp3) is 0.471. The fourth-order valence-corrected chi connectivity index (χ4v) is 3.23. The zero-order valence-corrected chi connectivity index (χ0v) is 13.3. The van der Waals surface area contributed by atoms with Gasteiger partial charge in [0.25, 0.3) is 0 Å². The van der Waals surface area contributed by atoms with Gasteiger partial charge < -0.3 is 5.32 Å². The number of nitrogens with one attached hydrogen (secondary N) is 1. The summed E-state index contributed by atoms with van der Waals surface area (Å²) in [6, 6.07) is 11.3. The molecule has 1 N–H and O–H groups in total. The van der Waals surface area contributed by atoms with Gasteiger partial charge in [0.2, 0.25) is 0 Å². The lowest BCUT2D eigenvalue weighted by Crippen LogP contribution is -2.14. The van der Waals surface area contributed by atoms with Crippen LogP contribution in [-0.4, -0.2) is 11.0 Å². The van der Waals surface area contributed by atoms with Gasteiger partial charge in [0, 0.05) is 28.4 Å². The highest BCUT2D eigenvalue weighted by Gasteiger charge is 2.24. The number of nitrogens with zero attached hydrogens (tertiary/aromatic N) is 1. The van der Waals surface area contributed by atoms with E-state index in [-0.39, 0.29) is 5.41 Å². The third kappa shape index (κ3) is 3.10. The van der Waals surface area contributed by atoms with Crippen molar-refractivity contribution in [1.29, 1.82) is 0 Å². The normalized spacial score (nSPS) is 15.6. The monoisotopic (exact) mass is 286 g/mol. The van der Waals surface area contributed by atoms with Crippen LogP contribution >= 0.6 is 11.3 Å². The number of hydrogen-bond acceptors (Lipinski definition) is 3. The summed E-state index contributed by atoms with van der Waals surface area (Å²) in [7, 11) is 0. The topological polar surface area (TPSA) is 24.9 Å². The van der Waals surface area contributed by atoms with Crippen LogP contribution in [0.5, 0.6) is 0 Å². The molecule has 2 nitrogen and oxygen atoms in total. The Hall–Kier alpha value is -1.19. The largest absolute Gasteiger partial charge is 0.309 e. The van der Waals surface area contributed by atoms with Crippen LogP contribution in [0.15, 0.2) is 30.3 Å². The van der Waals surface area contributed by atoms with Crippen molar-refractivity contribution >= 4 is 11.3 Å². The van der Waals surface area contributed by atoms with Crippen LogP contribution in [0, 0.1) is 0 Å². The second kappa shape index (κ2) is 5.30. The van der Waals surface area contributed by atoms with E-state index in [9.17, 15) is 0 Å². The number of thiazole rings is 1. The van der Waals surface area contributed by atoms with Gasteiger partial charge in [-0.25, -0.2) is 4.98 Å². The van der Waals surface area contributed by atoms with E-state index in [0.717, 1.165) is 18.3 Å². The van der Waals surface area contributed by atoms with Crippen LogP contribution in [0.1, 0.15) is 43.5 Å². The van der Waals surface area contributed by atoms with E-state index in [1.54, 1.807) is 0 Å². The SMILES string of the molecule is CC(C)(C)c1nc(-c2ccccc2)c(CNC2CC2)s1. The Morgan fingerprint density at radius 3 is 2.50 bits per heavy atom. The van der Waals surface area contributed by atoms with Gasteiger partial charge in [-0.05, 0) is 12.8 Å². The third-order valence-electron chi connectivity index (χ3n) is 3.51. The first-order valence-corrected chi connectivity index (χ1v) is 8.14. The van der Waals surface area contributed by atoms with Gasteiger partial charge in [-0.15, -0.1) is 11.3 Å². The van der Waals surface area contributed by atoms with Crippen molar-refractivity contribution in [2.45, 2.75) is 51.6 Å². The average Bonchev–Trinajstić information content (AvgIpc) is 3.14. The second-order valence-electron chi connectivity index (χ2n) is 6.56. The highest BCUT2D eigenvalue weighted by Crippen LogP contribution is 2.34. The highest BCUT2D eigenvalue weighted by molar-refractivity contribution is 7.12. The first-order chi connectivity index (χ1) is 9.54. The standard InChI is InChI=1S/C17H22N2S/c1-17(2,3)16-19-15(12-7-5-4-6-8-12)14(20-16)11-18-13-9-10-13/h4-8,13,18H,9-11H2,1-3H3. The molecule has 0 bridgehead atoms. The minimum absolute atomic E-state index is 0.117. The van der Waals surface area contributed by atoms with Crippen molar-refractivity contribution in [3.05, 3.63) is 40.2 Å². The van der Waals surface area contributed by atoms with Gasteiger partial charge in [-0.3, -0.25) is 0 Å². The lowest BCUT2D eigenvalue weighted by molar-refractivity contribution is 0.586. The van der Waals surface area contributed by atoms with Crippen LogP contribution in [0.3, 0.4) is 0 Å². The molecule has 20 heavy (non-hydrogen) atoms. The molecule has 1 aliphatic rings. The van der Waals surface area contributed by atoms with E-state index in [4.69, 9.17) is 4.98 Å². The van der Waals surface area contributed by atoms with Crippen LogP contribution in [-0.2, 0) is 12.0 Å². The van der Waals surface area contributed by atoms with Gasteiger partial charge in [0.1, 0.15) is 0 Å². The summed E-state index contributed by atoms with van der Waals surface area (Å²) < 4.78 is 0. The van der Waals surface area contributed by atoms with Gasteiger partial charge >= 0.3 is 0 Å². The zero-order valence-electron chi connectivity index (χ0n) is 12.4. The minimum atomic E-state index is 0.117. The molecular formula is C17H22N2S. The maximum atomic E-state index is 4.93. The summed E-state index contributed by atoms with van der Waals surface area (Å²) in [6.45, 7) is 7.65. The maximum absolute atomic E-state index is 4.93. The maximum Gasteiger partial charge on any atom is 0.0989 e. The molecule has 106 valence electrons. The summed E-state index contributed by atoms with van der Waals surface area (Å²) in [6.07, 6.45) is 2.65. The van der Waals surface area contributed by atoms with Crippen molar-refractivity contribution in [1.82, 2.24) is 10.3 Å². The number of benzene rings is 1. The van der Waals surface area contributed by atoms with Gasteiger partial charge in [0.05, 0.1) is 10.7 Å². The molecule has 0 saturated heterocycles. The van der Waals surface area contributed by atoms with Crippen molar-refractivity contribution in [2.75, 3.05) is 0 Å². The second-order valence-corrected chi connectivity index (χ2v) is 7.65. The molecular weight excluding hydrogens is 264 g/mol. The number of aromatic nitrogens is 1. The molecule has 1 aromatic heterocycles. The first kappa shape index (κ1) is 13.8. The van der Waals surface area contributed by atoms with Crippen LogP contribution in [0.4, 0.5) is 0 Å². The Bertz CT molecular complexity index is 577. The van der Waals surface area contributed by atoms with Gasteiger partial charge in [-0.1, -0.05) is 51.1 Å². The third-order valence-corrected chi connectivity index (χ3v) is 5.00. The molecule has 1 aromatic carbocycles. The molecule has 0 atom stereocenters. The molecule has 0 amide bonds. The minimum Gasteiger partial charge on any atom is -0.309 e. The lowest BCUT2D eigenvalue weighted by atomic mass is 9.98. The zero-order chi connectivity index (χ0) is 14.2. The molecule has 0 aliphatic heterocycles. The molecule has 1 heterocycles. The quantitative estimate of drug-likeness (QED) is 0.903. The highest BCUT2D eigenvalue weighted by atomic mass is 32.1. The predicted molar refractivity (Wildman–Crippen MR) is 86.1 cm³/mol. The Morgan fingerprint density at radius 1 is 1.20 bits per heavy atom. The fourth-order valence-electron chi connectivity index (χ4n) is 2.14. The Morgan fingerprint density at radius 2 is 1.90 bits per heavy atom. The summed E-state index contributed by atoms with van der Waals surface area (Å²) in [5.41, 5.74) is 2.51. The summed E-state index contributed by atoms with van der Waals surface area (Å²) >= 11 is 1.86. The molecule has 3 rings (SSSR count). The molecule has 3 heteroatoms. The smallest absolute Gasteiger partial charge is 0.0989 e. The van der Waals surface area contributed by atoms with E-state index in [1.165, 1.54) is 28.3 Å². The average molecular weight is 286 g/mol. The molecule has 1 saturated carbocycles. The molecule has 2 aromatic rings. The molecule has 1 aliphatic carbocycles. The van der Waals surface area contributed by atoms with E-state index < -0.39 is 0 Å². The lowest BCUT2D eigenvalue weighted by Gasteiger charge is -2.13. The van der Waals surface area contributed by atoms with E-state index in [0.29, 0.717) is 0 Å². The summed E-state index contributed by atoms with van der Waals surface area (Å²) in [5.74, 6) is 0. The molecule has 0 unspecified atom stereocenters. The Balaban J connectivity index is 1.94. The first-order valence-electron chi connectivity index (χ1n) is 7.33. The number of hydrogen-bond donors (Lipinski definition) is 1. The van der Waals surface area contributed by atoms with E-state index in [2.05, 4.69) is 56.4 Å². The van der Waals surface area contributed by atoms with Gasteiger partial charge in [-0.2, -0.15) is 0 Å². The van der Waals surface area contributed by atoms with Crippen molar-refractivity contribution < 1.29 is 0 Å². The molecule has 0 spiro atoms. The summed E-state index contributed by atoms with van der Waals surface area (Å²) in [5, 5.41) is 4.84. The Kier molecular flexibility index (Phi) is 3.65. The van der Waals surface area contributed by atoms with E-state index in [1.807, 2.05) is 11.3 Å². The molecule has 1 fully saturated rings. The Labute approximate surface area is 125 Å². The van der Waals surface area contributed by atoms with Gasteiger partial charge in [0.15, 0.2) is 0 Å². The van der Waals surface area contributed by atoms with E-state index >= 15 is 0 Å². The number of rotatable bonds is 4. The predicted octanol–water partition coefficient (Wildman–Crippen LogP) is 4.36. The van der Waals surface area contributed by atoms with Crippen molar-refractivity contribution in [3.63, 3.8) is 0 Å². The van der Waals surface area contributed by atoms with Crippen LogP contribution in [0.2, 0.25) is 0 Å². The summed E-state index contributed by atoms with van der Waals surface area (Å²) in [4.78, 5) is 6.30. The van der Waals surface area contributed by atoms with Crippen LogP contribution < -0.4 is 5.32 Å². The molecule has 0 radical (unpaired) electrons.